The summed E-state index contributed by atoms with van der Waals surface area (Å²) < 4.78 is 12.4. The average molecular weight is 291 g/mol. The van der Waals surface area contributed by atoms with Crippen LogP contribution in [-0.4, -0.2) is 59.8 Å². The average Bonchev–Trinajstić information content (AvgIpc) is 3.11. The van der Waals surface area contributed by atoms with Gasteiger partial charge >= 0.3 is 0 Å². The Morgan fingerprint density at radius 2 is 2.19 bits per heavy atom. The SMILES string of the molecule is COCCOCC1CCN(c2ccc3nnc(C)n3n2)C1. The number of aromatic nitrogens is 4. The highest BCUT2D eigenvalue weighted by Crippen LogP contribution is 2.22. The predicted octanol–water partition coefficient (Wildman–Crippen LogP) is 0.922. The monoisotopic (exact) mass is 291 g/mol. The van der Waals surface area contributed by atoms with Gasteiger partial charge < -0.3 is 14.4 Å². The first-order valence-electron chi connectivity index (χ1n) is 7.28. The van der Waals surface area contributed by atoms with E-state index in [-0.39, 0.29) is 0 Å². The zero-order valence-electron chi connectivity index (χ0n) is 12.5. The van der Waals surface area contributed by atoms with Gasteiger partial charge in [-0.3, -0.25) is 0 Å². The largest absolute Gasteiger partial charge is 0.382 e. The van der Waals surface area contributed by atoms with Crippen LogP contribution < -0.4 is 4.90 Å². The van der Waals surface area contributed by atoms with Gasteiger partial charge in [0.2, 0.25) is 0 Å². The maximum absolute atomic E-state index is 5.62. The van der Waals surface area contributed by atoms with E-state index in [1.807, 2.05) is 19.1 Å². The first-order chi connectivity index (χ1) is 10.3. The van der Waals surface area contributed by atoms with Crippen molar-refractivity contribution in [3.8, 4) is 0 Å². The van der Waals surface area contributed by atoms with Crippen LogP contribution >= 0.6 is 0 Å². The van der Waals surface area contributed by atoms with Crippen molar-refractivity contribution in [1.82, 2.24) is 19.8 Å². The summed E-state index contributed by atoms with van der Waals surface area (Å²) in [6.45, 7) is 6.00. The van der Waals surface area contributed by atoms with Crippen LogP contribution in [0.25, 0.3) is 5.65 Å². The molecule has 1 aliphatic heterocycles. The summed E-state index contributed by atoms with van der Waals surface area (Å²) in [5.41, 5.74) is 0.787. The molecule has 2 aromatic rings. The zero-order valence-corrected chi connectivity index (χ0v) is 12.5. The minimum atomic E-state index is 0.557. The number of nitrogens with zero attached hydrogens (tertiary/aromatic N) is 5. The van der Waals surface area contributed by atoms with Crippen molar-refractivity contribution in [3.63, 3.8) is 0 Å². The highest BCUT2D eigenvalue weighted by molar-refractivity contribution is 5.46. The quantitative estimate of drug-likeness (QED) is 0.738. The van der Waals surface area contributed by atoms with Crippen LogP contribution in [0.1, 0.15) is 12.2 Å². The highest BCUT2D eigenvalue weighted by atomic mass is 16.5. The molecule has 1 unspecified atom stereocenters. The lowest BCUT2D eigenvalue weighted by molar-refractivity contribution is 0.0549. The third kappa shape index (κ3) is 3.14. The number of ether oxygens (including phenoxy) is 2. The minimum Gasteiger partial charge on any atom is -0.382 e. The zero-order chi connectivity index (χ0) is 14.7. The molecule has 0 aliphatic carbocycles. The Balaban J connectivity index is 1.60. The number of hydrogen-bond donors (Lipinski definition) is 0. The van der Waals surface area contributed by atoms with Gasteiger partial charge in [-0.25, -0.2) is 0 Å². The second kappa shape index (κ2) is 6.36. The second-order valence-corrected chi connectivity index (χ2v) is 5.38. The van der Waals surface area contributed by atoms with Crippen molar-refractivity contribution < 1.29 is 9.47 Å². The van der Waals surface area contributed by atoms with Gasteiger partial charge in [-0.15, -0.1) is 15.3 Å². The van der Waals surface area contributed by atoms with Gasteiger partial charge in [0.05, 0.1) is 19.8 Å². The molecular weight excluding hydrogens is 270 g/mol. The number of rotatable bonds is 6. The Morgan fingerprint density at radius 3 is 3.05 bits per heavy atom. The first kappa shape index (κ1) is 14.2. The summed E-state index contributed by atoms with van der Waals surface area (Å²) in [5, 5.41) is 12.7. The van der Waals surface area contributed by atoms with Crippen LogP contribution in [0.2, 0.25) is 0 Å². The molecule has 2 aromatic heterocycles. The number of methoxy groups -OCH3 is 1. The minimum absolute atomic E-state index is 0.557. The van der Waals surface area contributed by atoms with Gasteiger partial charge in [-0.1, -0.05) is 0 Å². The summed E-state index contributed by atoms with van der Waals surface area (Å²) in [6, 6.07) is 3.97. The molecule has 3 heterocycles. The maximum atomic E-state index is 5.62. The van der Waals surface area contributed by atoms with Gasteiger partial charge in [0.1, 0.15) is 5.82 Å². The number of aryl methyl sites for hydroxylation is 1. The summed E-state index contributed by atoms with van der Waals surface area (Å²) >= 11 is 0. The van der Waals surface area contributed by atoms with Crippen LogP contribution in [0, 0.1) is 12.8 Å². The molecule has 1 aliphatic rings. The third-order valence-corrected chi connectivity index (χ3v) is 3.80. The van der Waals surface area contributed by atoms with Crippen molar-refractivity contribution in [1.29, 1.82) is 0 Å². The lowest BCUT2D eigenvalue weighted by Gasteiger charge is -2.17. The fourth-order valence-corrected chi connectivity index (χ4v) is 2.62. The van der Waals surface area contributed by atoms with Crippen molar-refractivity contribution >= 4 is 11.5 Å². The van der Waals surface area contributed by atoms with Crippen molar-refractivity contribution in [2.45, 2.75) is 13.3 Å². The Hall–Kier alpha value is -1.73. The van der Waals surface area contributed by atoms with E-state index in [9.17, 15) is 0 Å². The Labute approximate surface area is 123 Å². The van der Waals surface area contributed by atoms with Gasteiger partial charge in [-0.2, -0.15) is 4.52 Å². The predicted molar refractivity (Wildman–Crippen MR) is 78.5 cm³/mol. The third-order valence-electron chi connectivity index (χ3n) is 3.80. The van der Waals surface area contributed by atoms with Gasteiger partial charge in [0, 0.05) is 26.1 Å². The molecule has 7 nitrogen and oxygen atoms in total. The van der Waals surface area contributed by atoms with E-state index < -0.39 is 0 Å². The normalized spacial score (nSPS) is 18.8. The number of fused-ring (bicyclic) bond motifs is 1. The fraction of sp³-hybridized carbons (Fsp3) is 0.643. The van der Waals surface area contributed by atoms with Crippen LogP contribution in [0.3, 0.4) is 0 Å². The van der Waals surface area contributed by atoms with Crippen LogP contribution in [-0.2, 0) is 9.47 Å². The molecule has 0 aromatic carbocycles. The molecule has 0 amide bonds. The van der Waals surface area contributed by atoms with Crippen molar-refractivity contribution in [2.24, 2.45) is 5.92 Å². The number of hydrogen-bond acceptors (Lipinski definition) is 6. The first-order valence-corrected chi connectivity index (χ1v) is 7.28. The topological polar surface area (TPSA) is 64.8 Å². The molecule has 0 radical (unpaired) electrons. The molecule has 0 saturated carbocycles. The van der Waals surface area contributed by atoms with E-state index in [1.54, 1.807) is 11.6 Å². The smallest absolute Gasteiger partial charge is 0.178 e. The molecule has 114 valence electrons. The maximum Gasteiger partial charge on any atom is 0.178 e. The van der Waals surface area contributed by atoms with Crippen LogP contribution in [0.5, 0.6) is 0 Å². The van der Waals surface area contributed by atoms with E-state index in [0.717, 1.165) is 43.4 Å². The molecule has 3 rings (SSSR count). The van der Waals surface area contributed by atoms with E-state index in [1.165, 1.54) is 0 Å². The molecular formula is C14H21N5O2. The van der Waals surface area contributed by atoms with Crippen LogP contribution in [0.4, 0.5) is 5.82 Å². The van der Waals surface area contributed by atoms with E-state index in [2.05, 4.69) is 20.2 Å². The summed E-state index contributed by atoms with van der Waals surface area (Å²) in [7, 11) is 1.69. The molecule has 0 bridgehead atoms. The van der Waals surface area contributed by atoms with E-state index >= 15 is 0 Å². The van der Waals surface area contributed by atoms with Crippen LogP contribution in [0.15, 0.2) is 12.1 Å². The molecule has 1 saturated heterocycles. The van der Waals surface area contributed by atoms with Gasteiger partial charge in [0.25, 0.3) is 0 Å². The Bertz CT molecular complexity index is 600. The molecule has 0 spiro atoms. The molecule has 7 heteroatoms. The standard InChI is InChI=1S/C14H21N5O2/c1-11-15-16-13-3-4-14(17-19(11)13)18-6-5-12(9-18)10-21-8-7-20-2/h3-4,12H,5-10H2,1-2H3. The summed E-state index contributed by atoms with van der Waals surface area (Å²) in [4.78, 5) is 2.29. The lowest BCUT2D eigenvalue weighted by Crippen LogP contribution is -2.23. The Kier molecular flexibility index (Phi) is 4.31. The fourth-order valence-electron chi connectivity index (χ4n) is 2.62. The Morgan fingerprint density at radius 1 is 1.29 bits per heavy atom. The van der Waals surface area contributed by atoms with E-state index in [0.29, 0.717) is 19.1 Å². The number of anilines is 1. The van der Waals surface area contributed by atoms with Gasteiger partial charge in [0.15, 0.2) is 11.5 Å². The van der Waals surface area contributed by atoms with E-state index in [4.69, 9.17) is 9.47 Å². The summed E-state index contributed by atoms with van der Waals surface area (Å²) in [6.07, 6.45) is 1.13. The molecule has 21 heavy (non-hydrogen) atoms. The second-order valence-electron chi connectivity index (χ2n) is 5.38. The van der Waals surface area contributed by atoms with Crippen molar-refractivity contribution in [2.75, 3.05) is 44.9 Å². The summed E-state index contributed by atoms with van der Waals surface area (Å²) in [5.74, 6) is 2.34. The highest BCUT2D eigenvalue weighted by Gasteiger charge is 2.24. The molecule has 1 atom stereocenters. The van der Waals surface area contributed by atoms with Gasteiger partial charge in [-0.05, 0) is 25.5 Å². The van der Waals surface area contributed by atoms with Crippen molar-refractivity contribution in [3.05, 3.63) is 18.0 Å². The lowest BCUT2D eigenvalue weighted by atomic mass is 10.1. The molecule has 0 N–H and O–H groups in total. The molecule has 1 fully saturated rings.